The molecule has 0 radical (unpaired) electrons. The Balaban J connectivity index is 0.946. The van der Waals surface area contributed by atoms with Gasteiger partial charge in [-0.05, 0) is 139 Å². The van der Waals surface area contributed by atoms with E-state index in [1.165, 1.54) is 93.0 Å². The van der Waals surface area contributed by atoms with E-state index in [4.69, 9.17) is 9.98 Å². The molecule has 10 aliphatic rings. The zero-order chi connectivity index (χ0) is 40.5. The summed E-state index contributed by atoms with van der Waals surface area (Å²) in [4.78, 5) is 12.3. The number of rotatable bonds is 8. The van der Waals surface area contributed by atoms with Crippen molar-refractivity contribution in [2.45, 2.75) is 112 Å². The Bertz CT molecular complexity index is 2410. The van der Waals surface area contributed by atoms with Gasteiger partial charge in [-0.25, -0.2) is 4.99 Å². The molecule has 0 spiro atoms. The van der Waals surface area contributed by atoms with E-state index in [1.807, 2.05) is 11.8 Å². The average molecular weight is 821 g/mol. The van der Waals surface area contributed by atoms with Gasteiger partial charge in [-0.2, -0.15) is 0 Å². The highest BCUT2D eigenvalue weighted by Crippen LogP contribution is 2.51. The summed E-state index contributed by atoms with van der Waals surface area (Å²) in [5.41, 5.74) is 14.2. The lowest BCUT2D eigenvalue weighted by Gasteiger charge is -2.39. The van der Waals surface area contributed by atoms with E-state index < -0.39 is 0 Å². The fourth-order valence-corrected chi connectivity index (χ4v) is 12.8. The minimum atomic E-state index is -0.0637. The molecule has 7 aliphatic carbocycles. The van der Waals surface area contributed by atoms with Gasteiger partial charge in [0.25, 0.3) is 0 Å². The quantitative estimate of drug-likeness (QED) is 0.275. The smallest absolute Gasteiger partial charge is 0.129 e. The normalized spacial score (nSPS) is 32.1. The Morgan fingerprint density at radius 3 is 2.56 bits per heavy atom. The van der Waals surface area contributed by atoms with Gasteiger partial charge in [0.1, 0.15) is 18.2 Å². The van der Waals surface area contributed by atoms with Crippen molar-refractivity contribution in [3.05, 3.63) is 178 Å². The van der Waals surface area contributed by atoms with E-state index in [-0.39, 0.29) is 24.2 Å². The highest BCUT2D eigenvalue weighted by Gasteiger charge is 2.37. The Kier molecular flexibility index (Phi) is 11.3. The second-order valence-corrected chi connectivity index (χ2v) is 19.9. The second-order valence-electron chi connectivity index (χ2n) is 18.7. The third-order valence-corrected chi connectivity index (χ3v) is 16.1. The lowest BCUT2D eigenvalue weighted by atomic mass is 9.71. The molecule has 7 atom stereocenters. The van der Waals surface area contributed by atoms with Crippen molar-refractivity contribution in [1.82, 2.24) is 10.6 Å². The molecule has 2 N–H and O–H groups in total. The summed E-state index contributed by atoms with van der Waals surface area (Å²) in [6.45, 7) is 0. The molecule has 0 amide bonds. The van der Waals surface area contributed by atoms with E-state index in [0.29, 0.717) is 23.0 Å². The number of nitrogens with zero attached hydrogens (tertiary/aromatic N) is 2. The summed E-state index contributed by atoms with van der Waals surface area (Å²) >= 11 is 2.05. The SMILES string of the molecule is C1=CCCC(C2=CC(C3C=C(C4=CC=C(C5NC(C6C=CC=CC6)=NC(C6=CCCC=C6)N5)CC4C4=CCC5Sc6ccccc6C5=C4)C=CC3)CC(C3CCCCC3)=N2)=C1. The summed E-state index contributed by atoms with van der Waals surface area (Å²) in [5.74, 6) is 3.18. The van der Waals surface area contributed by atoms with Crippen LogP contribution >= 0.6 is 11.8 Å². The van der Waals surface area contributed by atoms with Crippen LogP contribution in [-0.4, -0.2) is 29.1 Å². The molecule has 0 aromatic heterocycles. The van der Waals surface area contributed by atoms with E-state index in [9.17, 15) is 0 Å². The predicted molar refractivity (Wildman–Crippen MR) is 257 cm³/mol. The first kappa shape index (κ1) is 39.2. The van der Waals surface area contributed by atoms with Gasteiger partial charge in [0, 0.05) is 27.7 Å². The zero-order valence-electron chi connectivity index (χ0n) is 35.5. The van der Waals surface area contributed by atoms with E-state index in [0.717, 1.165) is 63.6 Å². The molecular formula is C56H60N4S. The standard InChI is InChI=1S/C56H60N4S/c1-5-16-37(17-6-1)50-35-45(36-51(57-50)38-18-7-2-8-19-38)41-24-15-25-42(32-41)46-30-28-44(34-48(46)43-29-31-53-49(33-43)47-26-13-14-27-52(47)61-53)56-59-54(39-20-9-3-10-21-39)58-55(60-56)40-22-11-4-12-23-40/h1,3,5,9-11,13-16,20,22-23,25-30,32-33,35,38-39,41,45,48,53,55-56,60H,2,4,6-8,12,17-19,21,24,31,34,36H2,(H,58,59). The van der Waals surface area contributed by atoms with Crippen LogP contribution in [-0.2, 0) is 0 Å². The highest BCUT2D eigenvalue weighted by molar-refractivity contribution is 8.00. The average Bonchev–Trinajstić information content (AvgIpc) is 3.73. The third-order valence-electron chi connectivity index (χ3n) is 14.8. The first-order chi connectivity index (χ1) is 30.2. The molecule has 7 unspecified atom stereocenters. The number of benzene rings is 1. The van der Waals surface area contributed by atoms with E-state index in [1.54, 1.807) is 0 Å². The van der Waals surface area contributed by atoms with Crippen LogP contribution in [0.5, 0.6) is 0 Å². The molecule has 310 valence electrons. The van der Waals surface area contributed by atoms with Gasteiger partial charge in [-0.15, -0.1) is 11.8 Å². The van der Waals surface area contributed by atoms with Crippen molar-refractivity contribution in [1.29, 1.82) is 0 Å². The van der Waals surface area contributed by atoms with Crippen LogP contribution in [0.2, 0.25) is 0 Å². The monoisotopic (exact) mass is 820 g/mol. The molecular weight excluding hydrogens is 761 g/mol. The van der Waals surface area contributed by atoms with Crippen LogP contribution in [0.4, 0.5) is 0 Å². The van der Waals surface area contributed by atoms with Crippen LogP contribution in [0, 0.1) is 29.6 Å². The Morgan fingerprint density at radius 1 is 0.738 bits per heavy atom. The van der Waals surface area contributed by atoms with Crippen molar-refractivity contribution in [2.75, 3.05) is 0 Å². The number of hydrogen-bond acceptors (Lipinski definition) is 5. The topological polar surface area (TPSA) is 48.8 Å². The number of fused-ring (bicyclic) bond motifs is 3. The van der Waals surface area contributed by atoms with Gasteiger partial charge in [-0.3, -0.25) is 10.3 Å². The summed E-state index contributed by atoms with van der Waals surface area (Å²) in [6.07, 6.45) is 59.3. The molecule has 1 saturated carbocycles. The minimum absolute atomic E-state index is 0.00320. The minimum Gasteiger partial charge on any atom is -0.354 e. The van der Waals surface area contributed by atoms with Crippen molar-refractivity contribution >= 4 is 28.9 Å². The summed E-state index contributed by atoms with van der Waals surface area (Å²) in [7, 11) is 0. The van der Waals surface area contributed by atoms with Crippen LogP contribution in [0.1, 0.15) is 95.5 Å². The molecule has 5 heteroatoms. The molecule has 3 aliphatic heterocycles. The highest BCUT2D eigenvalue weighted by atomic mass is 32.2. The van der Waals surface area contributed by atoms with Gasteiger partial charge in [0.15, 0.2) is 0 Å². The fraction of sp³-hybridized carbons (Fsp3) is 0.393. The molecule has 0 saturated heterocycles. The van der Waals surface area contributed by atoms with Crippen molar-refractivity contribution in [3.63, 3.8) is 0 Å². The Labute approximate surface area is 368 Å². The molecule has 61 heavy (non-hydrogen) atoms. The molecule has 0 bridgehead atoms. The molecule has 1 aromatic carbocycles. The van der Waals surface area contributed by atoms with Gasteiger partial charge in [0.05, 0.1) is 5.70 Å². The molecule has 3 heterocycles. The molecule has 4 nitrogen and oxygen atoms in total. The van der Waals surface area contributed by atoms with E-state index in [2.05, 4.69) is 144 Å². The summed E-state index contributed by atoms with van der Waals surface area (Å²) in [5, 5.41) is 8.45. The van der Waals surface area contributed by atoms with Crippen molar-refractivity contribution < 1.29 is 0 Å². The van der Waals surface area contributed by atoms with Crippen LogP contribution in [0.3, 0.4) is 0 Å². The van der Waals surface area contributed by atoms with Gasteiger partial charge >= 0.3 is 0 Å². The van der Waals surface area contributed by atoms with Crippen LogP contribution < -0.4 is 10.6 Å². The van der Waals surface area contributed by atoms with Gasteiger partial charge < -0.3 is 5.32 Å². The maximum atomic E-state index is 5.49. The van der Waals surface area contributed by atoms with Crippen molar-refractivity contribution in [2.24, 2.45) is 39.6 Å². The predicted octanol–water partition coefficient (Wildman–Crippen LogP) is 13.1. The maximum absolute atomic E-state index is 5.49. The van der Waals surface area contributed by atoms with Gasteiger partial charge in [0.2, 0.25) is 0 Å². The van der Waals surface area contributed by atoms with E-state index >= 15 is 0 Å². The number of thioether (sulfide) groups is 1. The Morgan fingerprint density at radius 2 is 1.69 bits per heavy atom. The maximum Gasteiger partial charge on any atom is 0.129 e. The number of amidine groups is 1. The molecule has 11 rings (SSSR count). The largest absolute Gasteiger partial charge is 0.354 e. The fourth-order valence-electron chi connectivity index (χ4n) is 11.5. The summed E-state index contributed by atoms with van der Waals surface area (Å²) < 4.78 is 0. The molecule has 1 aromatic rings. The second kappa shape index (κ2) is 17.6. The van der Waals surface area contributed by atoms with Gasteiger partial charge in [-0.1, -0.05) is 147 Å². The number of hydrogen-bond donors (Lipinski definition) is 2. The third kappa shape index (κ3) is 8.21. The molecule has 1 fully saturated rings. The number of aliphatic imine (C=N–C) groups is 2. The Hall–Kier alpha value is -4.71. The zero-order valence-corrected chi connectivity index (χ0v) is 36.3. The lowest BCUT2D eigenvalue weighted by Crippen LogP contribution is -2.57. The van der Waals surface area contributed by atoms with Crippen LogP contribution in [0.15, 0.2) is 188 Å². The number of nitrogens with one attached hydrogen (secondary N) is 2. The first-order valence-corrected chi connectivity index (χ1v) is 24.5. The van der Waals surface area contributed by atoms with Crippen LogP contribution in [0.25, 0.3) is 5.57 Å². The number of allylic oxidation sites excluding steroid dienone is 20. The van der Waals surface area contributed by atoms with Crippen molar-refractivity contribution in [3.8, 4) is 0 Å². The first-order valence-electron chi connectivity index (χ1n) is 23.6. The summed E-state index contributed by atoms with van der Waals surface area (Å²) in [6, 6.07) is 9.06. The lowest BCUT2D eigenvalue weighted by molar-refractivity contribution is 0.416.